The highest BCUT2D eigenvalue weighted by Crippen LogP contribution is 2.15. The number of aromatic hydroxyl groups is 1. The first-order valence-electron chi connectivity index (χ1n) is 8.46. The Morgan fingerprint density at radius 3 is 2.52 bits per heavy atom. The van der Waals surface area contributed by atoms with Crippen molar-refractivity contribution >= 4 is 21.9 Å². The SMILES string of the molecule is COCC(O)C(O)C(Cc1ccc(O)cc1)NC(=O)c1coc(NS(C)(=O)=O)n1. The Labute approximate surface area is 167 Å². The Hall–Kier alpha value is -2.67. The Balaban J connectivity index is 2.17. The van der Waals surface area contributed by atoms with Gasteiger partial charge in [-0.25, -0.2) is 13.1 Å². The van der Waals surface area contributed by atoms with E-state index in [1.54, 1.807) is 12.1 Å². The normalized spacial score (nSPS) is 14.8. The van der Waals surface area contributed by atoms with Crippen LogP contribution in [0, 0.1) is 0 Å². The molecule has 0 aliphatic carbocycles. The van der Waals surface area contributed by atoms with E-state index in [1.165, 1.54) is 19.2 Å². The topological polar surface area (TPSA) is 171 Å². The summed E-state index contributed by atoms with van der Waals surface area (Å²) in [5, 5.41) is 32.4. The first-order chi connectivity index (χ1) is 13.6. The average Bonchev–Trinajstić information content (AvgIpc) is 3.09. The lowest BCUT2D eigenvalue weighted by molar-refractivity contribution is -0.0407. The molecule has 0 saturated heterocycles. The lowest BCUT2D eigenvalue weighted by Crippen LogP contribution is -2.51. The number of carbonyl (C=O) groups is 1. The van der Waals surface area contributed by atoms with Gasteiger partial charge in [0.2, 0.25) is 10.0 Å². The molecular formula is C17H23N3O8S. The van der Waals surface area contributed by atoms with Gasteiger partial charge >= 0.3 is 6.01 Å². The number of sulfonamides is 1. The van der Waals surface area contributed by atoms with Gasteiger partial charge in [-0.1, -0.05) is 12.1 Å². The zero-order chi connectivity index (χ0) is 21.6. The van der Waals surface area contributed by atoms with Gasteiger partial charge in [0.15, 0.2) is 5.69 Å². The van der Waals surface area contributed by atoms with Gasteiger partial charge in [-0.05, 0) is 24.1 Å². The molecule has 160 valence electrons. The third-order valence-corrected chi connectivity index (χ3v) is 4.41. The number of hydrogen-bond acceptors (Lipinski definition) is 9. The molecule has 0 fully saturated rings. The molecule has 1 aromatic heterocycles. The molecule has 0 aliphatic rings. The zero-order valence-electron chi connectivity index (χ0n) is 15.8. The van der Waals surface area contributed by atoms with E-state index in [1.807, 2.05) is 4.72 Å². The van der Waals surface area contributed by atoms with Crippen molar-refractivity contribution in [2.24, 2.45) is 0 Å². The van der Waals surface area contributed by atoms with Crippen LogP contribution in [0.25, 0.3) is 0 Å². The second kappa shape index (κ2) is 9.69. The largest absolute Gasteiger partial charge is 0.508 e. The molecule has 3 unspecified atom stereocenters. The molecule has 12 heteroatoms. The van der Waals surface area contributed by atoms with Crippen LogP contribution in [0.5, 0.6) is 5.75 Å². The van der Waals surface area contributed by atoms with Gasteiger partial charge in [-0.15, -0.1) is 0 Å². The van der Waals surface area contributed by atoms with Crippen molar-refractivity contribution in [2.75, 3.05) is 24.7 Å². The number of carbonyl (C=O) groups excluding carboxylic acids is 1. The van der Waals surface area contributed by atoms with Crippen LogP contribution in [0.4, 0.5) is 6.01 Å². The maximum atomic E-state index is 12.5. The lowest BCUT2D eigenvalue weighted by Gasteiger charge is -2.27. The molecule has 0 aliphatic heterocycles. The summed E-state index contributed by atoms with van der Waals surface area (Å²) in [5.41, 5.74) is 0.455. The third kappa shape index (κ3) is 7.02. The molecular weight excluding hydrogens is 406 g/mol. The maximum Gasteiger partial charge on any atom is 0.309 e. The van der Waals surface area contributed by atoms with Gasteiger partial charge in [-0.3, -0.25) is 4.79 Å². The predicted molar refractivity (Wildman–Crippen MR) is 102 cm³/mol. The highest BCUT2D eigenvalue weighted by atomic mass is 32.2. The number of nitrogens with one attached hydrogen (secondary N) is 2. The van der Waals surface area contributed by atoms with E-state index in [0.717, 1.165) is 12.5 Å². The van der Waals surface area contributed by atoms with Gasteiger partial charge < -0.3 is 29.8 Å². The van der Waals surface area contributed by atoms with Gasteiger partial charge in [0.25, 0.3) is 5.91 Å². The molecule has 0 spiro atoms. The number of ether oxygens (including phenoxy) is 1. The molecule has 5 N–H and O–H groups in total. The number of benzene rings is 1. The van der Waals surface area contributed by atoms with Crippen molar-refractivity contribution < 1.29 is 37.7 Å². The quantitative estimate of drug-likeness (QED) is 0.333. The second-order valence-electron chi connectivity index (χ2n) is 6.38. The third-order valence-electron chi connectivity index (χ3n) is 3.86. The number of phenolic OH excluding ortho intramolecular Hbond substituents is 1. The molecule has 29 heavy (non-hydrogen) atoms. The van der Waals surface area contributed by atoms with E-state index >= 15 is 0 Å². The lowest BCUT2D eigenvalue weighted by atomic mass is 9.97. The smallest absolute Gasteiger partial charge is 0.309 e. The number of aliphatic hydroxyl groups excluding tert-OH is 2. The number of methoxy groups -OCH3 is 1. The first-order valence-corrected chi connectivity index (χ1v) is 10.4. The van der Waals surface area contributed by atoms with Crippen LogP contribution in [-0.4, -0.2) is 72.9 Å². The summed E-state index contributed by atoms with van der Waals surface area (Å²) < 4.78 is 34.1. The fourth-order valence-electron chi connectivity index (χ4n) is 2.51. The maximum absolute atomic E-state index is 12.5. The molecule has 2 rings (SSSR count). The van der Waals surface area contributed by atoms with E-state index in [2.05, 4.69) is 10.3 Å². The minimum Gasteiger partial charge on any atom is -0.508 e. The van der Waals surface area contributed by atoms with Crippen molar-refractivity contribution in [3.8, 4) is 5.75 Å². The number of rotatable bonds is 10. The van der Waals surface area contributed by atoms with Crippen LogP contribution in [0.1, 0.15) is 16.1 Å². The summed E-state index contributed by atoms with van der Waals surface area (Å²) in [6.45, 7) is -0.157. The fraction of sp³-hybridized carbons (Fsp3) is 0.412. The van der Waals surface area contributed by atoms with Crippen LogP contribution < -0.4 is 10.0 Å². The summed E-state index contributed by atoms with van der Waals surface area (Å²) in [4.78, 5) is 16.2. The number of phenols is 1. The zero-order valence-corrected chi connectivity index (χ0v) is 16.6. The van der Waals surface area contributed by atoms with Crippen molar-refractivity contribution in [2.45, 2.75) is 24.7 Å². The Morgan fingerprint density at radius 1 is 1.28 bits per heavy atom. The van der Waals surface area contributed by atoms with E-state index < -0.39 is 34.2 Å². The van der Waals surface area contributed by atoms with Crippen molar-refractivity contribution in [3.63, 3.8) is 0 Å². The Kier molecular flexibility index (Phi) is 7.56. The van der Waals surface area contributed by atoms with E-state index in [4.69, 9.17) is 9.15 Å². The van der Waals surface area contributed by atoms with E-state index in [0.29, 0.717) is 5.56 Å². The van der Waals surface area contributed by atoms with Crippen LogP contribution >= 0.6 is 0 Å². The fourth-order valence-corrected chi connectivity index (χ4v) is 2.92. The monoisotopic (exact) mass is 429 g/mol. The molecule has 0 saturated carbocycles. The molecule has 3 atom stereocenters. The van der Waals surface area contributed by atoms with Crippen LogP contribution in [0.3, 0.4) is 0 Å². The van der Waals surface area contributed by atoms with Gasteiger partial charge in [-0.2, -0.15) is 4.98 Å². The van der Waals surface area contributed by atoms with Crippen molar-refractivity contribution in [3.05, 3.63) is 41.8 Å². The Bertz CT molecular complexity index is 913. The first kappa shape index (κ1) is 22.6. The molecule has 1 aromatic carbocycles. The highest BCUT2D eigenvalue weighted by Gasteiger charge is 2.29. The van der Waals surface area contributed by atoms with Gasteiger partial charge in [0.05, 0.1) is 18.9 Å². The molecule has 1 heterocycles. The summed E-state index contributed by atoms with van der Waals surface area (Å²) in [7, 11) is -2.28. The minimum atomic E-state index is -3.63. The number of anilines is 1. The number of nitrogens with zero attached hydrogens (tertiary/aromatic N) is 1. The molecule has 11 nitrogen and oxygen atoms in total. The number of amides is 1. The number of aliphatic hydroxyl groups is 2. The molecule has 0 radical (unpaired) electrons. The predicted octanol–water partition coefficient (Wildman–Crippen LogP) is -0.539. The second-order valence-corrected chi connectivity index (χ2v) is 8.12. The summed E-state index contributed by atoms with van der Waals surface area (Å²) >= 11 is 0. The van der Waals surface area contributed by atoms with Crippen LogP contribution in [0.2, 0.25) is 0 Å². The summed E-state index contributed by atoms with van der Waals surface area (Å²) in [6.07, 6.45) is -0.674. The van der Waals surface area contributed by atoms with Crippen LogP contribution in [-0.2, 0) is 21.2 Å². The summed E-state index contributed by atoms with van der Waals surface area (Å²) in [6, 6.07) is 4.79. The van der Waals surface area contributed by atoms with Crippen LogP contribution in [0.15, 0.2) is 34.9 Å². The number of aromatic nitrogens is 1. The van der Waals surface area contributed by atoms with Gasteiger partial charge in [0, 0.05) is 7.11 Å². The molecule has 1 amide bonds. The highest BCUT2D eigenvalue weighted by molar-refractivity contribution is 7.91. The Morgan fingerprint density at radius 2 is 1.93 bits per heavy atom. The van der Waals surface area contributed by atoms with Crippen molar-refractivity contribution in [1.29, 1.82) is 0 Å². The van der Waals surface area contributed by atoms with Crippen molar-refractivity contribution in [1.82, 2.24) is 10.3 Å². The van der Waals surface area contributed by atoms with Gasteiger partial charge in [0.1, 0.15) is 24.2 Å². The molecule has 0 bridgehead atoms. The molecule has 2 aromatic rings. The van der Waals surface area contributed by atoms with E-state index in [-0.39, 0.29) is 30.5 Å². The van der Waals surface area contributed by atoms with E-state index in [9.17, 15) is 28.5 Å². The number of hydrogen-bond donors (Lipinski definition) is 5. The number of oxazole rings is 1. The minimum absolute atomic E-state index is 0.0582. The average molecular weight is 429 g/mol. The summed E-state index contributed by atoms with van der Waals surface area (Å²) in [5.74, 6) is -0.689. The standard InChI is InChI=1S/C17H23N3O8S/c1-27-9-14(22)15(23)12(7-10-3-5-11(21)6-4-10)18-16(24)13-8-28-17(19-13)20-29(2,25)26/h3-6,8,12,14-15,21-23H,7,9H2,1-2H3,(H,18,24)(H,19,20).